The van der Waals surface area contributed by atoms with Gasteiger partial charge in [-0.15, -0.1) is 11.3 Å². The zero-order valence-electron chi connectivity index (χ0n) is 12.1. The van der Waals surface area contributed by atoms with Crippen molar-refractivity contribution < 1.29 is 14.7 Å². The largest absolute Gasteiger partial charge is 0.476 e. The molecule has 22 heavy (non-hydrogen) atoms. The molecule has 0 bridgehead atoms. The summed E-state index contributed by atoms with van der Waals surface area (Å²) >= 11 is 1.16. The molecule has 0 unspecified atom stereocenters. The minimum Gasteiger partial charge on any atom is -0.476 e. The highest BCUT2D eigenvalue weighted by Gasteiger charge is 2.24. The number of H-pyrrole nitrogens is 1. The lowest BCUT2D eigenvalue weighted by Crippen LogP contribution is -2.04. The molecule has 0 saturated carbocycles. The predicted octanol–water partition coefficient (Wildman–Crippen LogP) is 3.68. The Morgan fingerprint density at radius 1 is 1.27 bits per heavy atom. The number of carbonyl (C=O) groups excluding carboxylic acids is 1. The molecule has 0 spiro atoms. The number of rotatable bonds is 4. The predicted molar refractivity (Wildman–Crippen MR) is 84.9 cm³/mol. The van der Waals surface area contributed by atoms with Gasteiger partial charge >= 0.3 is 5.97 Å². The number of nitrogens with one attached hydrogen (secondary N) is 1. The number of aromatic carboxylic acids is 1. The molecule has 2 aromatic heterocycles. The van der Waals surface area contributed by atoms with Crippen molar-refractivity contribution in [3.63, 3.8) is 0 Å². The van der Waals surface area contributed by atoms with E-state index in [0.29, 0.717) is 10.4 Å². The lowest BCUT2D eigenvalue weighted by Gasteiger charge is -1.99. The van der Waals surface area contributed by atoms with Crippen molar-refractivity contribution in [2.24, 2.45) is 0 Å². The van der Waals surface area contributed by atoms with Crippen LogP contribution < -0.4 is 0 Å². The number of para-hydroxylation sites is 1. The van der Waals surface area contributed by atoms with Gasteiger partial charge in [0, 0.05) is 22.0 Å². The highest BCUT2D eigenvalue weighted by molar-refractivity contribution is 7.14. The third-order valence-corrected chi connectivity index (χ3v) is 4.76. The van der Waals surface area contributed by atoms with Gasteiger partial charge in [-0.2, -0.15) is 0 Å². The smallest absolute Gasteiger partial charge is 0.355 e. The maximum absolute atomic E-state index is 12.7. The van der Waals surface area contributed by atoms with E-state index in [1.165, 1.54) is 0 Å². The first-order valence-electron chi connectivity index (χ1n) is 6.84. The summed E-state index contributed by atoms with van der Waals surface area (Å²) in [6.45, 7) is 3.78. The average molecular weight is 314 g/mol. The van der Waals surface area contributed by atoms with Crippen molar-refractivity contribution in [3.8, 4) is 0 Å². The molecule has 0 aliphatic heterocycles. The zero-order chi connectivity index (χ0) is 15.9. The van der Waals surface area contributed by atoms with Gasteiger partial charge in [-0.05, 0) is 12.0 Å². The first-order valence-corrected chi connectivity index (χ1v) is 7.65. The molecule has 5 nitrogen and oxygen atoms in total. The van der Waals surface area contributed by atoms with Crippen LogP contribution in [0.1, 0.15) is 50.5 Å². The Hall–Kier alpha value is -2.47. The Labute approximate surface area is 130 Å². The molecule has 0 fully saturated rings. The molecular formula is C16H14N2O3S. The van der Waals surface area contributed by atoms with E-state index in [9.17, 15) is 14.7 Å². The van der Waals surface area contributed by atoms with Gasteiger partial charge in [0.1, 0.15) is 0 Å². The third kappa shape index (κ3) is 2.31. The van der Waals surface area contributed by atoms with Crippen molar-refractivity contribution in [3.05, 3.63) is 51.6 Å². The van der Waals surface area contributed by atoms with E-state index >= 15 is 0 Å². The number of hydrogen-bond acceptors (Lipinski definition) is 4. The number of aromatic amines is 1. The van der Waals surface area contributed by atoms with E-state index < -0.39 is 5.97 Å². The number of carboxylic acid groups (broad SMARTS) is 1. The van der Waals surface area contributed by atoms with Gasteiger partial charge in [-0.3, -0.25) is 4.79 Å². The summed E-state index contributed by atoms with van der Waals surface area (Å²) in [4.78, 5) is 31.7. The lowest BCUT2D eigenvalue weighted by atomic mass is 10.1. The molecule has 3 aromatic rings. The second kappa shape index (κ2) is 5.38. The number of aromatic nitrogens is 2. The number of nitrogens with zero attached hydrogens (tertiary/aromatic N) is 1. The van der Waals surface area contributed by atoms with Gasteiger partial charge in [-0.1, -0.05) is 32.0 Å². The molecule has 0 saturated heterocycles. The minimum atomic E-state index is -1.10. The zero-order valence-corrected chi connectivity index (χ0v) is 12.9. The van der Waals surface area contributed by atoms with E-state index in [1.807, 2.05) is 38.1 Å². The molecule has 0 aliphatic carbocycles. The summed E-state index contributed by atoms with van der Waals surface area (Å²) in [5, 5.41) is 10.3. The number of benzene rings is 1. The Balaban J connectivity index is 2.09. The average Bonchev–Trinajstić information content (AvgIpc) is 3.11. The molecule has 3 rings (SSSR count). The first-order chi connectivity index (χ1) is 10.5. The molecule has 0 atom stereocenters. The summed E-state index contributed by atoms with van der Waals surface area (Å²) in [5.41, 5.74) is 1.35. The van der Waals surface area contributed by atoms with Gasteiger partial charge < -0.3 is 10.1 Å². The quantitative estimate of drug-likeness (QED) is 0.720. The molecule has 112 valence electrons. The molecule has 1 aromatic carbocycles. The molecular weight excluding hydrogens is 300 g/mol. The molecule has 0 aliphatic rings. The summed E-state index contributed by atoms with van der Waals surface area (Å²) in [6.07, 6.45) is 1.64. The first kappa shape index (κ1) is 14.5. The SMILES string of the molecule is CC(C)c1sc(C(=O)c2c[nH]c3ccccc23)nc1C(=O)O. The number of hydrogen-bond donors (Lipinski definition) is 2. The number of fused-ring (bicyclic) bond motifs is 1. The number of carboxylic acids is 1. The second-order valence-corrected chi connectivity index (χ2v) is 6.30. The minimum absolute atomic E-state index is 0.00752. The number of carbonyl (C=O) groups is 2. The Morgan fingerprint density at radius 2 is 2.00 bits per heavy atom. The van der Waals surface area contributed by atoms with Crippen molar-refractivity contribution >= 4 is 34.0 Å². The van der Waals surface area contributed by atoms with Crippen LogP contribution in [0.3, 0.4) is 0 Å². The maximum Gasteiger partial charge on any atom is 0.355 e. The van der Waals surface area contributed by atoms with E-state index in [0.717, 1.165) is 22.2 Å². The van der Waals surface area contributed by atoms with Crippen LogP contribution in [0.5, 0.6) is 0 Å². The van der Waals surface area contributed by atoms with Gasteiger partial charge in [0.05, 0.1) is 5.56 Å². The van der Waals surface area contributed by atoms with Crippen LogP contribution in [0.4, 0.5) is 0 Å². The van der Waals surface area contributed by atoms with Crippen LogP contribution in [0.2, 0.25) is 0 Å². The monoisotopic (exact) mass is 314 g/mol. The Morgan fingerprint density at radius 3 is 2.64 bits per heavy atom. The van der Waals surface area contributed by atoms with Crippen LogP contribution >= 0.6 is 11.3 Å². The Bertz CT molecular complexity index is 877. The van der Waals surface area contributed by atoms with E-state index in [4.69, 9.17) is 0 Å². The van der Waals surface area contributed by atoms with Crippen LogP contribution in [-0.2, 0) is 0 Å². The Kier molecular flexibility index (Phi) is 3.54. The van der Waals surface area contributed by atoms with Gasteiger partial charge in [-0.25, -0.2) is 9.78 Å². The summed E-state index contributed by atoms with van der Waals surface area (Å²) < 4.78 is 0. The fraction of sp³-hybridized carbons (Fsp3) is 0.188. The number of ketones is 1. The molecule has 0 radical (unpaired) electrons. The molecule has 0 amide bonds. The highest BCUT2D eigenvalue weighted by atomic mass is 32.1. The molecule has 6 heteroatoms. The van der Waals surface area contributed by atoms with Gasteiger partial charge in [0.2, 0.25) is 5.78 Å². The van der Waals surface area contributed by atoms with Crippen molar-refractivity contribution in [1.29, 1.82) is 0 Å². The third-order valence-electron chi connectivity index (χ3n) is 3.41. The molecule has 2 heterocycles. The summed E-state index contributed by atoms with van der Waals surface area (Å²) in [7, 11) is 0. The second-order valence-electron chi connectivity index (χ2n) is 5.27. The fourth-order valence-corrected chi connectivity index (χ4v) is 3.36. The van der Waals surface area contributed by atoms with Crippen molar-refractivity contribution in [2.75, 3.05) is 0 Å². The fourth-order valence-electron chi connectivity index (χ4n) is 2.35. The topological polar surface area (TPSA) is 83.0 Å². The lowest BCUT2D eigenvalue weighted by molar-refractivity contribution is 0.0689. The van der Waals surface area contributed by atoms with Gasteiger partial charge in [0.15, 0.2) is 10.7 Å². The van der Waals surface area contributed by atoms with Crippen molar-refractivity contribution in [1.82, 2.24) is 9.97 Å². The normalized spacial score (nSPS) is 11.2. The van der Waals surface area contributed by atoms with E-state index in [2.05, 4.69) is 9.97 Å². The summed E-state index contributed by atoms with van der Waals surface area (Å²) in [6, 6.07) is 7.48. The van der Waals surface area contributed by atoms with Crippen LogP contribution in [0, 0.1) is 0 Å². The van der Waals surface area contributed by atoms with Crippen LogP contribution in [0.25, 0.3) is 10.9 Å². The standard InChI is InChI=1S/C16H14N2O3S/c1-8(2)14-12(16(20)21)18-15(22-14)13(19)10-7-17-11-6-4-3-5-9(10)11/h3-8,17H,1-2H3,(H,20,21). The molecule has 2 N–H and O–H groups in total. The highest BCUT2D eigenvalue weighted by Crippen LogP contribution is 2.29. The van der Waals surface area contributed by atoms with Gasteiger partial charge in [0.25, 0.3) is 0 Å². The van der Waals surface area contributed by atoms with Crippen molar-refractivity contribution in [2.45, 2.75) is 19.8 Å². The number of thiazole rings is 1. The summed E-state index contributed by atoms with van der Waals surface area (Å²) in [5.74, 6) is -1.34. The van der Waals surface area contributed by atoms with E-state index in [-0.39, 0.29) is 22.4 Å². The van der Waals surface area contributed by atoms with E-state index in [1.54, 1.807) is 6.20 Å². The van der Waals surface area contributed by atoms with Crippen LogP contribution in [0.15, 0.2) is 30.5 Å². The van der Waals surface area contributed by atoms with Crippen LogP contribution in [-0.4, -0.2) is 26.8 Å². The maximum atomic E-state index is 12.7.